The van der Waals surface area contributed by atoms with Crippen LogP contribution < -0.4 is 10.6 Å². The van der Waals surface area contributed by atoms with Crippen molar-refractivity contribution in [3.05, 3.63) is 58.3 Å². The van der Waals surface area contributed by atoms with Gasteiger partial charge in [-0.15, -0.1) is 11.3 Å². The number of amides is 1. The maximum Gasteiger partial charge on any atom is 0.253 e. The average molecular weight is 293 g/mol. The Morgan fingerprint density at radius 2 is 2.19 bits per heavy atom. The van der Waals surface area contributed by atoms with E-state index in [4.69, 9.17) is 0 Å². The highest BCUT2D eigenvalue weighted by atomic mass is 32.1. The second kappa shape index (κ2) is 4.86. The molecule has 1 atom stereocenters. The van der Waals surface area contributed by atoms with Crippen LogP contribution in [0.25, 0.3) is 16.3 Å². The number of hydrogen-bond donors (Lipinski definition) is 0. The minimum atomic E-state index is -0.224. The summed E-state index contributed by atoms with van der Waals surface area (Å²) in [6.45, 7) is 0. The van der Waals surface area contributed by atoms with Gasteiger partial charge in [0.25, 0.3) is 5.91 Å². The summed E-state index contributed by atoms with van der Waals surface area (Å²) in [4.78, 5) is 24.7. The predicted octanol–water partition coefficient (Wildman–Crippen LogP) is 1.49. The zero-order valence-electron chi connectivity index (χ0n) is 11.1. The molecule has 1 aliphatic rings. The zero-order chi connectivity index (χ0) is 14.2. The molecule has 1 amide bonds. The van der Waals surface area contributed by atoms with Gasteiger partial charge in [-0.25, -0.2) is 9.98 Å². The number of pyridine rings is 1. The van der Waals surface area contributed by atoms with Crippen LogP contribution in [0, 0.1) is 5.92 Å². The smallest absolute Gasteiger partial charge is 0.253 e. The molecular weight excluding hydrogens is 282 g/mol. The lowest BCUT2D eigenvalue weighted by atomic mass is 9.96. The molecule has 3 aromatic rings. The SMILES string of the molecule is O=C1N=c2ccncc2=CC1Cc1ccc2scnc2c1. The molecule has 102 valence electrons. The minimum Gasteiger partial charge on any atom is -0.272 e. The minimum absolute atomic E-state index is 0.0907. The summed E-state index contributed by atoms with van der Waals surface area (Å²) in [5.74, 6) is -0.315. The Balaban J connectivity index is 1.71. The van der Waals surface area contributed by atoms with Crippen LogP contribution in [0.3, 0.4) is 0 Å². The first kappa shape index (κ1) is 12.3. The molecular formula is C16H11N3OS. The summed E-state index contributed by atoms with van der Waals surface area (Å²) in [7, 11) is 0. The molecule has 1 unspecified atom stereocenters. The van der Waals surface area contributed by atoms with Gasteiger partial charge in [-0.1, -0.05) is 12.1 Å². The number of carbonyl (C=O) groups is 1. The molecule has 4 rings (SSSR count). The Morgan fingerprint density at radius 1 is 1.24 bits per heavy atom. The van der Waals surface area contributed by atoms with Crippen molar-refractivity contribution in [2.45, 2.75) is 6.42 Å². The lowest BCUT2D eigenvalue weighted by Gasteiger charge is -2.12. The van der Waals surface area contributed by atoms with Gasteiger partial charge < -0.3 is 0 Å². The van der Waals surface area contributed by atoms with Crippen molar-refractivity contribution in [3.8, 4) is 0 Å². The quantitative estimate of drug-likeness (QED) is 0.719. The van der Waals surface area contributed by atoms with Gasteiger partial charge in [0.1, 0.15) is 0 Å². The summed E-state index contributed by atoms with van der Waals surface area (Å²) in [5.41, 5.74) is 3.93. The highest BCUT2D eigenvalue weighted by molar-refractivity contribution is 7.16. The summed E-state index contributed by atoms with van der Waals surface area (Å²) in [5, 5.41) is 1.64. The predicted molar refractivity (Wildman–Crippen MR) is 81.3 cm³/mol. The third kappa shape index (κ3) is 2.25. The number of hydrogen-bond acceptors (Lipinski definition) is 4. The second-order valence-electron chi connectivity index (χ2n) is 5.02. The Hall–Kier alpha value is -2.40. The standard InChI is InChI=1S/C16H11N3OS/c20-16-11(7-12-8-17-4-3-13(12)19-16)5-10-1-2-15-14(6-10)18-9-21-15/h1-4,6-9,11H,5H2. The van der Waals surface area contributed by atoms with E-state index >= 15 is 0 Å². The Bertz CT molecular complexity index is 961. The van der Waals surface area contributed by atoms with Crippen LogP contribution in [-0.4, -0.2) is 15.9 Å². The highest BCUT2D eigenvalue weighted by Gasteiger charge is 2.19. The molecule has 2 aromatic heterocycles. The first-order chi connectivity index (χ1) is 10.3. The van der Waals surface area contributed by atoms with Crippen LogP contribution in [-0.2, 0) is 11.2 Å². The molecule has 4 nitrogen and oxygen atoms in total. The number of benzene rings is 1. The van der Waals surface area contributed by atoms with Crippen LogP contribution in [0.15, 0.2) is 47.2 Å². The van der Waals surface area contributed by atoms with Crippen LogP contribution in [0.5, 0.6) is 0 Å². The Kier molecular flexibility index (Phi) is 2.86. The molecule has 0 radical (unpaired) electrons. The largest absolute Gasteiger partial charge is 0.272 e. The van der Waals surface area contributed by atoms with Gasteiger partial charge in [0.05, 0.1) is 27.0 Å². The fourth-order valence-corrected chi connectivity index (χ4v) is 3.21. The van der Waals surface area contributed by atoms with Crippen molar-refractivity contribution < 1.29 is 4.79 Å². The number of carbonyl (C=O) groups excluding carboxylic acids is 1. The lowest BCUT2D eigenvalue weighted by Crippen LogP contribution is -2.34. The monoisotopic (exact) mass is 293 g/mol. The maximum absolute atomic E-state index is 12.1. The second-order valence-corrected chi connectivity index (χ2v) is 5.90. The molecule has 3 heterocycles. The van der Waals surface area contributed by atoms with E-state index in [-0.39, 0.29) is 11.8 Å². The molecule has 5 heteroatoms. The highest BCUT2D eigenvalue weighted by Crippen LogP contribution is 2.21. The average Bonchev–Trinajstić information content (AvgIpc) is 2.95. The van der Waals surface area contributed by atoms with Crippen molar-refractivity contribution >= 4 is 33.5 Å². The molecule has 0 N–H and O–H groups in total. The molecule has 0 spiro atoms. The topological polar surface area (TPSA) is 55.2 Å². The molecule has 0 saturated carbocycles. The van der Waals surface area contributed by atoms with Crippen molar-refractivity contribution in [1.29, 1.82) is 0 Å². The van der Waals surface area contributed by atoms with E-state index in [2.05, 4.69) is 27.1 Å². The van der Waals surface area contributed by atoms with Crippen LogP contribution in [0.1, 0.15) is 5.56 Å². The summed E-state index contributed by atoms with van der Waals surface area (Å²) < 4.78 is 1.16. The first-order valence-electron chi connectivity index (χ1n) is 6.66. The molecule has 0 aliphatic carbocycles. The van der Waals surface area contributed by atoms with Crippen LogP contribution in [0.2, 0.25) is 0 Å². The number of nitrogens with zero attached hydrogens (tertiary/aromatic N) is 3. The molecule has 0 bridgehead atoms. The third-order valence-electron chi connectivity index (χ3n) is 3.61. The van der Waals surface area contributed by atoms with E-state index in [1.54, 1.807) is 29.8 Å². The third-order valence-corrected chi connectivity index (χ3v) is 4.42. The molecule has 1 aliphatic heterocycles. The van der Waals surface area contributed by atoms with Gasteiger partial charge >= 0.3 is 0 Å². The number of thiazole rings is 1. The molecule has 0 saturated heterocycles. The first-order valence-corrected chi connectivity index (χ1v) is 7.54. The van der Waals surface area contributed by atoms with Gasteiger partial charge in [-0.05, 0) is 30.2 Å². The van der Waals surface area contributed by atoms with Crippen molar-refractivity contribution in [2.75, 3.05) is 0 Å². The van der Waals surface area contributed by atoms with E-state index in [1.807, 2.05) is 17.7 Å². The van der Waals surface area contributed by atoms with Crippen LogP contribution >= 0.6 is 11.3 Å². The van der Waals surface area contributed by atoms with Crippen molar-refractivity contribution in [1.82, 2.24) is 9.97 Å². The summed E-state index contributed by atoms with van der Waals surface area (Å²) >= 11 is 1.62. The van der Waals surface area contributed by atoms with E-state index in [9.17, 15) is 4.79 Å². The Labute approximate surface area is 124 Å². The fourth-order valence-electron chi connectivity index (χ4n) is 2.55. The van der Waals surface area contributed by atoms with Gasteiger partial charge in [0.15, 0.2) is 0 Å². The van der Waals surface area contributed by atoms with E-state index in [0.717, 1.165) is 21.0 Å². The number of rotatable bonds is 2. The van der Waals surface area contributed by atoms with E-state index in [0.29, 0.717) is 11.8 Å². The molecule has 1 aromatic carbocycles. The zero-order valence-corrected chi connectivity index (χ0v) is 11.9. The van der Waals surface area contributed by atoms with Crippen molar-refractivity contribution in [2.24, 2.45) is 10.9 Å². The fraction of sp³-hybridized carbons (Fsp3) is 0.125. The van der Waals surface area contributed by atoms with Crippen LogP contribution in [0.4, 0.5) is 0 Å². The lowest BCUT2D eigenvalue weighted by molar-refractivity contribution is -0.120. The summed E-state index contributed by atoms with van der Waals surface area (Å²) in [6, 6.07) is 7.93. The van der Waals surface area contributed by atoms with Gasteiger partial charge in [-0.3, -0.25) is 9.78 Å². The van der Waals surface area contributed by atoms with Gasteiger partial charge in [0, 0.05) is 17.6 Å². The van der Waals surface area contributed by atoms with Crippen molar-refractivity contribution in [3.63, 3.8) is 0 Å². The molecule has 0 fully saturated rings. The normalized spacial score (nSPS) is 17.1. The van der Waals surface area contributed by atoms with E-state index < -0.39 is 0 Å². The van der Waals surface area contributed by atoms with Gasteiger partial charge in [0.2, 0.25) is 0 Å². The number of aromatic nitrogens is 2. The maximum atomic E-state index is 12.1. The Morgan fingerprint density at radius 3 is 3.14 bits per heavy atom. The molecule has 21 heavy (non-hydrogen) atoms. The number of fused-ring (bicyclic) bond motifs is 2. The van der Waals surface area contributed by atoms with Gasteiger partial charge in [-0.2, -0.15) is 0 Å². The van der Waals surface area contributed by atoms with E-state index in [1.165, 1.54) is 0 Å². The summed E-state index contributed by atoms with van der Waals surface area (Å²) in [6.07, 6.45) is 6.01.